The number of H-pyrrole nitrogens is 1. The minimum atomic E-state index is 0.714. The Morgan fingerprint density at radius 1 is 1.33 bits per heavy atom. The number of aromatic nitrogens is 4. The number of rotatable bonds is 1. The van der Waals surface area contributed by atoms with Crippen LogP contribution in [0.25, 0.3) is 22.6 Å². The normalized spacial score (nSPS) is 11.0. The van der Waals surface area contributed by atoms with Crippen molar-refractivity contribution >= 4 is 22.5 Å². The Morgan fingerprint density at radius 2 is 2.27 bits per heavy atom. The monoisotopic (exact) mass is 216 g/mol. The summed E-state index contributed by atoms with van der Waals surface area (Å²) in [6.07, 6.45) is 3.24. The third kappa shape index (κ3) is 1.32. The summed E-state index contributed by atoms with van der Waals surface area (Å²) in [7, 11) is 0. The Kier molecular flexibility index (Phi) is 1.78. The average Bonchev–Trinajstić information content (AvgIpc) is 2.82. The first-order valence-corrected chi connectivity index (χ1v) is 5.48. The van der Waals surface area contributed by atoms with E-state index in [0.29, 0.717) is 5.65 Å². The molecular weight excluding hydrogens is 208 g/mol. The van der Waals surface area contributed by atoms with Crippen molar-refractivity contribution in [3.8, 4) is 11.4 Å². The van der Waals surface area contributed by atoms with E-state index in [4.69, 9.17) is 0 Å². The van der Waals surface area contributed by atoms with Gasteiger partial charge in [0.1, 0.15) is 17.7 Å². The number of hydrogen-bond acceptors (Lipinski definition) is 4. The second kappa shape index (κ2) is 3.13. The van der Waals surface area contributed by atoms with Crippen LogP contribution in [0.5, 0.6) is 0 Å². The van der Waals surface area contributed by atoms with Crippen molar-refractivity contribution in [3.05, 3.63) is 28.8 Å². The van der Waals surface area contributed by atoms with Gasteiger partial charge in [0, 0.05) is 10.9 Å². The highest BCUT2D eigenvalue weighted by molar-refractivity contribution is 7.08. The largest absolute Gasteiger partial charge is 0.335 e. The molecule has 0 amide bonds. The summed E-state index contributed by atoms with van der Waals surface area (Å²) < 4.78 is 0. The van der Waals surface area contributed by atoms with Gasteiger partial charge in [-0.25, -0.2) is 15.0 Å². The van der Waals surface area contributed by atoms with Gasteiger partial charge in [0.2, 0.25) is 0 Å². The van der Waals surface area contributed by atoms with Gasteiger partial charge in [-0.15, -0.1) is 0 Å². The van der Waals surface area contributed by atoms with Crippen molar-refractivity contribution < 1.29 is 0 Å². The van der Waals surface area contributed by atoms with Crippen molar-refractivity contribution in [2.45, 2.75) is 6.92 Å². The zero-order valence-electron chi connectivity index (χ0n) is 8.06. The lowest BCUT2D eigenvalue weighted by Gasteiger charge is -1.91. The van der Waals surface area contributed by atoms with Gasteiger partial charge in [0.25, 0.3) is 0 Å². The van der Waals surface area contributed by atoms with Crippen LogP contribution in [0.15, 0.2) is 23.3 Å². The van der Waals surface area contributed by atoms with E-state index in [1.165, 1.54) is 11.9 Å². The van der Waals surface area contributed by atoms with Crippen LogP contribution < -0.4 is 0 Å². The van der Waals surface area contributed by atoms with Gasteiger partial charge in [0.05, 0.1) is 6.20 Å². The van der Waals surface area contributed by atoms with Gasteiger partial charge in [-0.2, -0.15) is 11.3 Å². The molecule has 0 saturated carbocycles. The number of hydrogen-bond donors (Lipinski definition) is 1. The van der Waals surface area contributed by atoms with E-state index >= 15 is 0 Å². The molecule has 3 aromatic heterocycles. The SMILES string of the molecule is Cc1cscc1-c1nc2ncncc2[nH]1. The number of nitrogens with zero attached hydrogens (tertiary/aromatic N) is 3. The smallest absolute Gasteiger partial charge is 0.181 e. The molecule has 0 radical (unpaired) electrons. The minimum absolute atomic E-state index is 0.714. The predicted molar refractivity (Wildman–Crippen MR) is 59.7 cm³/mol. The van der Waals surface area contributed by atoms with Crippen molar-refractivity contribution in [1.29, 1.82) is 0 Å². The molecule has 4 nitrogen and oxygen atoms in total. The first-order valence-electron chi connectivity index (χ1n) is 4.53. The molecule has 0 aliphatic carbocycles. The van der Waals surface area contributed by atoms with Crippen LogP contribution in [0.3, 0.4) is 0 Å². The maximum atomic E-state index is 4.42. The summed E-state index contributed by atoms with van der Waals surface area (Å²) in [5.74, 6) is 0.865. The molecule has 0 aromatic carbocycles. The number of imidazole rings is 1. The van der Waals surface area contributed by atoms with Crippen LogP contribution in [0.1, 0.15) is 5.56 Å². The Bertz CT molecular complexity index is 577. The standard InChI is InChI=1S/C10H8N4S/c1-6-3-15-4-7(6)9-13-8-2-11-5-12-10(8)14-9/h2-5H,1H3,(H,11,12,13,14). The molecule has 74 valence electrons. The molecule has 3 rings (SSSR count). The lowest BCUT2D eigenvalue weighted by Crippen LogP contribution is -1.79. The maximum Gasteiger partial charge on any atom is 0.181 e. The molecule has 0 spiro atoms. The molecule has 0 atom stereocenters. The van der Waals surface area contributed by atoms with E-state index in [-0.39, 0.29) is 0 Å². The molecular formula is C10H8N4S. The lowest BCUT2D eigenvalue weighted by atomic mass is 10.2. The van der Waals surface area contributed by atoms with E-state index < -0.39 is 0 Å². The zero-order valence-corrected chi connectivity index (χ0v) is 8.88. The van der Waals surface area contributed by atoms with E-state index in [0.717, 1.165) is 16.9 Å². The summed E-state index contributed by atoms with van der Waals surface area (Å²) in [6, 6.07) is 0. The molecule has 1 N–H and O–H groups in total. The molecule has 3 aromatic rings. The number of aryl methyl sites for hydroxylation is 1. The first kappa shape index (κ1) is 8.55. The highest BCUT2D eigenvalue weighted by atomic mass is 32.1. The fourth-order valence-electron chi connectivity index (χ4n) is 1.49. The number of aromatic amines is 1. The second-order valence-corrected chi connectivity index (χ2v) is 4.06. The van der Waals surface area contributed by atoms with Crippen LogP contribution >= 0.6 is 11.3 Å². The summed E-state index contributed by atoms with van der Waals surface area (Å²) in [4.78, 5) is 15.7. The van der Waals surface area contributed by atoms with Crippen molar-refractivity contribution in [2.24, 2.45) is 0 Å². The highest BCUT2D eigenvalue weighted by Crippen LogP contribution is 2.25. The van der Waals surface area contributed by atoms with Gasteiger partial charge in [-0.3, -0.25) is 0 Å². The quantitative estimate of drug-likeness (QED) is 0.679. The molecule has 0 fully saturated rings. The summed E-state index contributed by atoms with van der Waals surface area (Å²) in [6.45, 7) is 2.07. The third-order valence-electron chi connectivity index (χ3n) is 2.27. The summed E-state index contributed by atoms with van der Waals surface area (Å²) in [5, 5.41) is 4.19. The Morgan fingerprint density at radius 3 is 3.00 bits per heavy atom. The van der Waals surface area contributed by atoms with Crippen molar-refractivity contribution in [3.63, 3.8) is 0 Å². The van der Waals surface area contributed by atoms with E-state index in [1.807, 2.05) is 0 Å². The summed E-state index contributed by atoms with van der Waals surface area (Å²) in [5.41, 5.74) is 3.95. The van der Waals surface area contributed by atoms with E-state index in [9.17, 15) is 0 Å². The third-order valence-corrected chi connectivity index (χ3v) is 3.13. The van der Waals surface area contributed by atoms with Crippen LogP contribution in [-0.2, 0) is 0 Å². The fraction of sp³-hybridized carbons (Fsp3) is 0.100. The summed E-state index contributed by atoms with van der Waals surface area (Å²) >= 11 is 1.67. The van der Waals surface area contributed by atoms with Gasteiger partial charge < -0.3 is 4.98 Å². The molecule has 0 bridgehead atoms. The maximum absolute atomic E-state index is 4.42. The molecule has 0 saturated heterocycles. The van der Waals surface area contributed by atoms with Crippen molar-refractivity contribution in [1.82, 2.24) is 19.9 Å². The Balaban J connectivity index is 2.24. The molecule has 15 heavy (non-hydrogen) atoms. The highest BCUT2D eigenvalue weighted by Gasteiger charge is 2.08. The Hall–Kier alpha value is -1.75. The molecule has 5 heteroatoms. The number of nitrogens with one attached hydrogen (secondary N) is 1. The van der Waals surface area contributed by atoms with Gasteiger partial charge in [-0.05, 0) is 17.9 Å². The van der Waals surface area contributed by atoms with Crippen LogP contribution in [0, 0.1) is 6.92 Å². The molecule has 3 heterocycles. The van der Waals surface area contributed by atoms with Crippen LogP contribution in [-0.4, -0.2) is 19.9 Å². The van der Waals surface area contributed by atoms with Crippen LogP contribution in [0.2, 0.25) is 0 Å². The number of fused-ring (bicyclic) bond motifs is 1. The van der Waals surface area contributed by atoms with Crippen LogP contribution in [0.4, 0.5) is 0 Å². The molecule has 0 unspecified atom stereocenters. The topological polar surface area (TPSA) is 54.5 Å². The van der Waals surface area contributed by atoms with E-state index in [1.54, 1.807) is 17.5 Å². The minimum Gasteiger partial charge on any atom is -0.335 e. The van der Waals surface area contributed by atoms with Gasteiger partial charge in [0.15, 0.2) is 5.65 Å². The predicted octanol–water partition coefficient (Wildman–Crippen LogP) is 2.39. The second-order valence-electron chi connectivity index (χ2n) is 3.31. The molecule has 0 aliphatic rings. The molecule has 0 aliphatic heterocycles. The van der Waals surface area contributed by atoms with Crippen molar-refractivity contribution in [2.75, 3.05) is 0 Å². The fourth-order valence-corrected chi connectivity index (χ4v) is 2.33. The van der Waals surface area contributed by atoms with E-state index in [2.05, 4.69) is 37.6 Å². The average molecular weight is 216 g/mol. The lowest BCUT2D eigenvalue weighted by molar-refractivity contribution is 1.20. The Labute approximate surface area is 90.0 Å². The first-order chi connectivity index (χ1) is 7.34. The number of thiophene rings is 1. The van der Waals surface area contributed by atoms with Gasteiger partial charge in [-0.1, -0.05) is 0 Å². The zero-order chi connectivity index (χ0) is 10.3. The van der Waals surface area contributed by atoms with Gasteiger partial charge >= 0.3 is 0 Å².